The van der Waals surface area contributed by atoms with E-state index in [0.717, 1.165) is 41.9 Å². The number of fused-ring (bicyclic) bond motifs is 2. The van der Waals surface area contributed by atoms with Crippen molar-refractivity contribution in [3.8, 4) is 0 Å². The maximum absolute atomic E-state index is 12.5. The highest BCUT2D eigenvalue weighted by Crippen LogP contribution is 2.36. The Balaban J connectivity index is 1.72. The number of likely N-dealkylation sites (tertiary alicyclic amines) is 1. The van der Waals surface area contributed by atoms with Gasteiger partial charge < -0.3 is 15.0 Å². The van der Waals surface area contributed by atoms with E-state index in [2.05, 4.69) is 32.5 Å². The summed E-state index contributed by atoms with van der Waals surface area (Å²) in [5.74, 6) is -0.265. The molecule has 0 spiro atoms. The third-order valence-electron chi connectivity index (χ3n) is 5.82. The van der Waals surface area contributed by atoms with Crippen molar-refractivity contribution in [3.05, 3.63) is 44.5 Å². The van der Waals surface area contributed by atoms with Crippen LogP contribution in [0.3, 0.4) is 0 Å². The summed E-state index contributed by atoms with van der Waals surface area (Å²) in [6.45, 7) is 10.0. The molecule has 2 N–H and O–H groups in total. The van der Waals surface area contributed by atoms with E-state index < -0.39 is 5.97 Å². The summed E-state index contributed by atoms with van der Waals surface area (Å²) in [5, 5.41) is 9.47. The van der Waals surface area contributed by atoms with Crippen LogP contribution in [0.4, 0.5) is 17.2 Å². The summed E-state index contributed by atoms with van der Waals surface area (Å²) in [6, 6.07) is 4.11. The van der Waals surface area contributed by atoms with Gasteiger partial charge in [0.25, 0.3) is 5.56 Å². The molecule has 1 saturated heterocycles. The number of carboxylic acids is 1. The molecule has 8 nitrogen and oxygen atoms in total. The van der Waals surface area contributed by atoms with Crippen LogP contribution in [0.25, 0.3) is 6.58 Å². The van der Waals surface area contributed by atoms with E-state index in [1.165, 1.54) is 0 Å². The van der Waals surface area contributed by atoms with Crippen molar-refractivity contribution < 1.29 is 9.90 Å². The average molecular weight is 395 g/mol. The molecule has 2 aliphatic rings. The Bertz CT molecular complexity index is 1140. The number of carboxylic acid groups (broad SMARTS) is 1. The van der Waals surface area contributed by atoms with Gasteiger partial charge in [0.1, 0.15) is 5.48 Å². The number of rotatable bonds is 5. The molecule has 29 heavy (non-hydrogen) atoms. The van der Waals surface area contributed by atoms with E-state index in [0.29, 0.717) is 24.4 Å². The Morgan fingerprint density at radius 1 is 1.31 bits per heavy atom. The zero-order chi connectivity index (χ0) is 20.7. The smallest absolute Gasteiger partial charge is 0.304 e. The van der Waals surface area contributed by atoms with Crippen LogP contribution in [0, 0.1) is 13.8 Å². The van der Waals surface area contributed by atoms with Crippen LogP contribution in [-0.2, 0) is 4.79 Å². The van der Waals surface area contributed by atoms with Gasteiger partial charge in [-0.05, 0) is 56.5 Å². The van der Waals surface area contributed by atoms with Crippen molar-refractivity contribution in [1.82, 2.24) is 14.9 Å². The predicted octanol–water partition coefficient (Wildman–Crippen LogP) is 1.14. The van der Waals surface area contributed by atoms with Crippen molar-refractivity contribution in [1.29, 1.82) is 0 Å². The van der Waals surface area contributed by atoms with Crippen molar-refractivity contribution in [2.45, 2.75) is 39.2 Å². The fourth-order valence-electron chi connectivity index (χ4n) is 4.19. The molecule has 1 atom stereocenters. The zero-order valence-electron chi connectivity index (χ0n) is 16.7. The fraction of sp³-hybridized carbons (Fsp3) is 0.429. The molecule has 1 fully saturated rings. The SMILES string of the molecule is C=c1nc2c(c(=O)[nH]1)=Nc1cc(C)c(C)cc1N2CCN1CCC[C@@H]1CC(=O)O. The predicted molar refractivity (Wildman–Crippen MR) is 111 cm³/mol. The molecule has 0 saturated carbocycles. The van der Waals surface area contributed by atoms with E-state index in [-0.39, 0.29) is 23.4 Å². The van der Waals surface area contributed by atoms with Crippen LogP contribution in [0.15, 0.2) is 21.9 Å². The molecule has 0 unspecified atom stereocenters. The lowest BCUT2D eigenvalue weighted by Gasteiger charge is -2.31. The minimum Gasteiger partial charge on any atom is -0.481 e. The number of H-pyrrole nitrogens is 1. The normalized spacial score (nSPS) is 18.3. The van der Waals surface area contributed by atoms with E-state index in [1.807, 2.05) is 24.8 Å². The Morgan fingerprint density at radius 2 is 2.07 bits per heavy atom. The highest BCUT2D eigenvalue weighted by Gasteiger charge is 2.29. The van der Waals surface area contributed by atoms with Crippen LogP contribution >= 0.6 is 0 Å². The summed E-state index contributed by atoms with van der Waals surface area (Å²) >= 11 is 0. The van der Waals surface area contributed by atoms with Gasteiger partial charge in [-0.2, -0.15) is 0 Å². The quantitative estimate of drug-likeness (QED) is 0.787. The van der Waals surface area contributed by atoms with E-state index in [4.69, 9.17) is 0 Å². The molecule has 152 valence electrons. The molecule has 0 radical (unpaired) electrons. The van der Waals surface area contributed by atoms with Crippen LogP contribution in [-0.4, -0.2) is 51.6 Å². The molecule has 3 heterocycles. The average Bonchev–Trinajstić information content (AvgIpc) is 3.07. The number of aromatic nitrogens is 2. The molecule has 0 amide bonds. The first-order valence-corrected chi connectivity index (χ1v) is 9.86. The van der Waals surface area contributed by atoms with Gasteiger partial charge >= 0.3 is 5.97 Å². The number of aryl methyl sites for hydroxylation is 2. The van der Waals surface area contributed by atoms with E-state index >= 15 is 0 Å². The molecular weight excluding hydrogens is 370 g/mol. The summed E-state index contributed by atoms with van der Waals surface area (Å²) in [5.41, 5.74) is 3.89. The van der Waals surface area contributed by atoms with E-state index in [9.17, 15) is 14.7 Å². The third kappa shape index (κ3) is 3.67. The van der Waals surface area contributed by atoms with Gasteiger partial charge in [0.15, 0.2) is 11.2 Å². The fourth-order valence-corrected chi connectivity index (χ4v) is 4.19. The largest absolute Gasteiger partial charge is 0.481 e. The summed E-state index contributed by atoms with van der Waals surface area (Å²) < 4.78 is 0. The molecule has 0 bridgehead atoms. The Kier molecular flexibility index (Phi) is 4.96. The van der Waals surface area contributed by atoms with Crippen molar-refractivity contribution in [2.75, 3.05) is 24.5 Å². The molecule has 2 aliphatic heterocycles. The molecule has 4 rings (SSSR count). The van der Waals surface area contributed by atoms with Gasteiger partial charge in [0, 0.05) is 19.1 Å². The number of hydrogen-bond donors (Lipinski definition) is 2. The van der Waals surface area contributed by atoms with Crippen LogP contribution < -0.4 is 21.3 Å². The lowest BCUT2D eigenvalue weighted by atomic mass is 10.1. The number of aromatic amines is 1. The van der Waals surface area contributed by atoms with Crippen molar-refractivity contribution >= 4 is 29.7 Å². The first-order chi connectivity index (χ1) is 13.8. The van der Waals surface area contributed by atoms with Gasteiger partial charge in [-0.25, -0.2) is 9.98 Å². The number of nitrogens with zero attached hydrogens (tertiary/aromatic N) is 4. The summed E-state index contributed by atoms with van der Waals surface area (Å²) in [6.07, 6.45) is 2.05. The van der Waals surface area contributed by atoms with Gasteiger partial charge in [-0.15, -0.1) is 0 Å². The highest BCUT2D eigenvalue weighted by molar-refractivity contribution is 5.77. The van der Waals surface area contributed by atoms with Crippen LogP contribution in [0.1, 0.15) is 30.4 Å². The lowest BCUT2D eigenvalue weighted by Crippen LogP contribution is -2.45. The maximum atomic E-state index is 12.5. The standard InChI is InChI=1S/C21H25N5O3/c1-12-9-16-17(10-13(12)2)26(20-19(24-16)21(29)23-14(3)22-20)8-7-25-6-4-5-15(25)11-18(27)28/h9-10,15H,3-8,11H2,1-2H3,(H,23,29)(H,27,28)/t15-/m1/s1. The topological polar surface area (TPSA) is 102 Å². The Labute approximate surface area is 168 Å². The lowest BCUT2D eigenvalue weighted by molar-refractivity contribution is -0.138. The monoisotopic (exact) mass is 395 g/mol. The molecule has 1 aromatic heterocycles. The number of anilines is 2. The van der Waals surface area contributed by atoms with Crippen molar-refractivity contribution in [2.24, 2.45) is 4.99 Å². The minimum atomic E-state index is -0.768. The van der Waals surface area contributed by atoms with Gasteiger partial charge in [0.2, 0.25) is 0 Å². The number of nitrogens with one attached hydrogen (secondary N) is 1. The second-order valence-corrected chi connectivity index (χ2v) is 7.80. The zero-order valence-corrected chi connectivity index (χ0v) is 16.7. The Morgan fingerprint density at radius 3 is 2.83 bits per heavy atom. The maximum Gasteiger partial charge on any atom is 0.304 e. The molecule has 8 heteroatoms. The number of aliphatic carboxylic acids is 1. The van der Waals surface area contributed by atoms with Crippen molar-refractivity contribution in [3.63, 3.8) is 0 Å². The number of carbonyl (C=O) groups is 1. The third-order valence-corrected chi connectivity index (χ3v) is 5.82. The molecule has 2 aromatic rings. The number of benzene rings is 1. The summed E-state index contributed by atoms with van der Waals surface area (Å²) in [7, 11) is 0. The first-order valence-electron chi connectivity index (χ1n) is 9.86. The number of hydrogen-bond acceptors (Lipinski definition) is 6. The highest BCUT2D eigenvalue weighted by atomic mass is 16.4. The molecular formula is C21H25N5O3. The first kappa shape index (κ1) is 19.3. The van der Waals surface area contributed by atoms with Crippen LogP contribution in [0.5, 0.6) is 0 Å². The second-order valence-electron chi connectivity index (χ2n) is 7.80. The summed E-state index contributed by atoms with van der Waals surface area (Å²) in [4.78, 5) is 39.6. The van der Waals surface area contributed by atoms with Gasteiger partial charge in [0.05, 0.1) is 17.8 Å². The Hall–Kier alpha value is -3.00. The van der Waals surface area contributed by atoms with Gasteiger partial charge in [-0.1, -0.05) is 6.58 Å². The second kappa shape index (κ2) is 7.44. The minimum absolute atomic E-state index is 0.0520. The molecule has 0 aliphatic carbocycles. The van der Waals surface area contributed by atoms with E-state index in [1.54, 1.807) is 0 Å². The van der Waals surface area contributed by atoms with Crippen LogP contribution in [0.2, 0.25) is 0 Å². The van der Waals surface area contributed by atoms with Gasteiger partial charge in [-0.3, -0.25) is 14.5 Å². The molecule has 1 aromatic carbocycles.